The SMILES string of the molecule is O[C@@H]1C(Cl)=CC=C(Cl)[C@@H]1O. The van der Waals surface area contributed by atoms with Crippen molar-refractivity contribution in [2.45, 2.75) is 12.2 Å². The molecule has 0 heterocycles. The molecule has 2 nitrogen and oxygen atoms in total. The third-order valence-corrected chi connectivity index (χ3v) is 1.97. The van der Waals surface area contributed by atoms with Gasteiger partial charge in [0.25, 0.3) is 0 Å². The largest absolute Gasteiger partial charge is 0.384 e. The van der Waals surface area contributed by atoms with E-state index in [1.54, 1.807) is 0 Å². The fourth-order valence-corrected chi connectivity index (χ4v) is 1.02. The molecule has 0 aromatic rings. The van der Waals surface area contributed by atoms with Crippen LogP contribution >= 0.6 is 23.2 Å². The lowest BCUT2D eigenvalue weighted by Gasteiger charge is -2.19. The molecule has 0 amide bonds. The van der Waals surface area contributed by atoms with Gasteiger partial charge in [0.1, 0.15) is 12.2 Å². The summed E-state index contributed by atoms with van der Waals surface area (Å²) in [4.78, 5) is 0. The van der Waals surface area contributed by atoms with Gasteiger partial charge in [-0.25, -0.2) is 0 Å². The van der Waals surface area contributed by atoms with E-state index < -0.39 is 12.2 Å². The summed E-state index contributed by atoms with van der Waals surface area (Å²) >= 11 is 11.0. The Hall–Kier alpha value is -0.0200. The predicted octanol–water partition coefficient (Wildman–Crippen LogP) is 0.967. The molecule has 2 atom stereocenters. The van der Waals surface area contributed by atoms with Gasteiger partial charge in [-0.05, 0) is 12.2 Å². The molecule has 0 aromatic carbocycles. The maximum Gasteiger partial charge on any atom is 0.120 e. The maximum atomic E-state index is 9.04. The second-order valence-electron chi connectivity index (χ2n) is 1.99. The minimum Gasteiger partial charge on any atom is -0.384 e. The van der Waals surface area contributed by atoms with Crippen LogP contribution in [0.25, 0.3) is 0 Å². The number of halogens is 2. The fraction of sp³-hybridized carbons (Fsp3) is 0.333. The van der Waals surface area contributed by atoms with Crippen LogP contribution in [0.4, 0.5) is 0 Å². The Morgan fingerprint density at radius 1 is 1.00 bits per heavy atom. The van der Waals surface area contributed by atoms with Gasteiger partial charge in [-0.1, -0.05) is 23.2 Å². The van der Waals surface area contributed by atoms with Crippen LogP contribution in [-0.2, 0) is 0 Å². The summed E-state index contributed by atoms with van der Waals surface area (Å²) in [5, 5.41) is 18.5. The predicted molar refractivity (Wildman–Crippen MR) is 39.9 cm³/mol. The Kier molecular flexibility index (Phi) is 2.36. The standard InChI is InChI=1S/C6H6Cl2O2/c7-3-1-2-4(8)6(10)5(3)9/h1-2,5-6,9-10H/t5-,6+. The highest BCUT2D eigenvalue weighted by molar-refractivity contribution is 6.33. The molecule has 4 heteroatoms. The summed E-state index contributed by atoms with van der Waals surface area (Å²) in [6.07, 6.45) is 0.779. The molecule has 0 radical (unpaired) electrons. The molecular weight excluding hydrogens is 175 g/mol. The molecule has 10 heavy (non-hydrogen) atoms. The van der Waals surface area contributed by atoms with Gasteiger partial charge in [-0.3, -0.25) is 0 Å². The van der Waals surface area contributed by atoms with Gasteiger partial charge in [0, 0.05) is 10.1 Å². The summed E-state index contributed by atoms with van der Waals surface area (Å²) in [5.41, 5.74) is 0. The van der Waals surface area contributed by atoms with E-state index >= 15 is 0 Å². The summed E-state index contributed by atoms with van der Waals surface area (Å²) < 4.78 is 0. The molecule has 0 fully saturated rings. The monoisotopic (exact) mass is 180 g/mol. The molecular formula is C6H6Cl2O2. The van der Waals surface area contributed by atoms with Crippen LogP contribution < -0.4 is 0 Å². The Labute approximate surface area is 68.4 Å². The number of hydrogen-bond donors (Lipinski definition) is 2. The normalized spacial score (nSPS) is 33.2. The van der Waals surface area contributed by atoms with Gasteiger partial charge in [0.05, 0.1) is 0 Å². The van der Waals surface area contributed by atoms with Gasteiger partial charge >= 0.3 is 0 Å². The Balaban J connectivity index is 2.86. The third-order valence-electron chi connectivity index (χ3n) is 1.27. The number of hydrogen-bond acceptors (Lipinski definition) is 2. The van der Waals surface area contributed by atoms with Gasteiger partial charge < -0.3 is 10.2 Å². The van der Waals surface area contributed by atoms with E-state index in [0.29, 0.717) is 0 Å². The second-order valence-corrected chi connectivity index (χ2v) is 2.87. The van der Waals surface area contributed by atoms with Crippen molar-refractivity contribution in [3.63, 3.8) is 0 Å². The van der Waals surface area contributed by atoms with E-state index in [1.807, 2.05) is 0 Å². The van der Waals surface area contributed by atoms with E-state index in [2.05, 4.69) is 0 Å². The molecule has 2 N–H and O–H groups in total. The lowest BCUT2D eigenvalue weighted by molar-refractivity contribution is 0.0734. The second kappa shape index (κ2) is 2.93. The molecule has 1 rings (SSSR count). The van der Waals surface area contributed by atoms with Crippen molar-refractivity contribution in [2.24, 2.45) is 0 Å². The molecule has 0 aromatic heterocycles. The molecule has 0 saturated heterocycles. The van der Waals surface area contributed by atoms with E-state index in [0.717, 1.165) is 0 Å². The van der Waals surface area contributed by atoms with Crippen molar-refractivity contribution in [2.75, 3.05) is 0 Å². The highest BCUT2D eigenvalue weighted by atomic mass is 35.5. The molecule has 0 unspecified atom stereocenters. The van der Waals surface area contributed by atoms with Crippen molar-refractivity contribution in [1.82, 2.24) is 0 Å². The third kappa shape index (κ3) is 1.35. The van der Waals surface area contributed by atoms with Crippen LogP contribution in [0.1, 0.15) is 0 Å². The Bertz CT molecular complexity index is 176. The molecule has 56 valence electrons. The van der Waals surface area contributed by atoms with Crippen LogP contribution in [0, 0.1) is 0 Å². The highest BCUT2D eigenvalue weighted by Gasteiger charge is 2.24. The number of rotatable bonds is 0. The van der Waals surface area contributed by atoms with Crippen molar-refractivity contribution >= 4 is 23.2 Å². The van der Waals surface area contributed by atoms with Crippen molar-refractivity contribution in [1.29, 1.82) is 0 Å². The minimum absolute atomic E-state index is 0.205. The molecule has 0 saturated carbocycles. The summed E-state index contributed by atoms with van der Waals surface area (Å²) in [6.45, 7) is 0. The lowest BCUT2D eigenvalue weighted by atomic mass is 10.1. The quantitative estimate of drug-likeness (QED) is 0.584. The maximum absolute atomic E-state index is 9.04. The van der Waals surface area contributed by atoms with Crippen molar-refractivity contribution in [3.8, 4) is 0 Å². The topological polar surface area (TPSA) is 40.5 Å². The van der Waals surface area contributed by atoms with Crippen LogP contribution in [-0.4, -0.2) is 22.4 Å². The number of aliphatic hydroxyl groups excluding tert-OH is 2. The van der Waals surface area contributed by atoms with E-state index in [-0.39, 0.29) is 10.1 Å². The smallest absolute Gasteiger partial charge is 0.120 e. The first-order valence-corrected chi connectivity index (χ1v) is 3.47. The number of aliphatic hydroxyl groups is 2. The van der Waals surface area contributed by atoms with Gasteiger partial charge in [0.2, 0.25) is 0 Å². The minimum atomic E-state index is -1.07. The Morgan fingerprint density at radius 3 is 1.60 bits per heavy atom. The average molecular weight is 181 g/mol. The average Bonchev–Trinajstić information content (AvgIpc) is 1.93. The van der Waals surface area contributed by atoms with E-state index in [1.165, 1.54) is 12.2 Å². The van der Waals surface area contributed by atoms with Crippen molar-refractivity contribution in [3.05, 3.63) is 22.2 Å². The molecule has 1 aliphatic carbocycles. The van der Waals surface area contributed by atoms with Gasteiger partial charge in [-0.2, -0.15) is 0 Å². The van der Waals surface area contributed by atoms with Gasteiger partial charge in [0.15, 0.2) is 0 Å². The van der Waals surface area contributed by atoms with E-state index in [4.69, 9.17) is 33.4 Å². The highest BCUT2D eigenvalue weighted by Crippen LogP contribution is 2.24. The zero-order valence-electron chi connectivity index (χ0n) is 4.96. The summed E-state index contributed by atoms with van der Waals surface area (Å²) in [6, 6.07) is 0. The first-order chi connectivity index (χ1) is 4.63. The van der Waals surface area contributed by atoms with Crippen LogP contribution in [0.5, 0.6) is 0 Å². The Morgan fingerprint density at radius 2 is 1.30 bits per heavy atom. The zero-order chi connectivity index (χ0) is 7.72. The molecule has 1 aliphatic rings. The lowest BCUT2D eigenvalue weighted by Crippen LogP contribution is -2.28. The summed E-state index contributed by atoms with van der Waals surface area (Å²) in [5.74, 6) is 0. The first-order valence-electron chi connectivity index (χ1n) is 2.72. The first kappa shape index (κ1) is 8.08. The zero-order valence-corrected chi connectivity index (χ0v) is 6.47. The van der Waals surface area contributed by atoms with Crippen molar-refractivity contribution < 1.29 is 10.2 Å². The van der Waals surface area contributed by atoms with E-state index in [9.17, 15) is 0 Å². The van der Waals surface area contributed by atoms with Gasteiger partial charge in [-0.15, -0.1) is 0 Å². The molecule has 0 spiro atoms. The van der Waals surface area contributed by atoms with Crippen LogP contribution in [0.2, 0.25) is 0 Å². The van der Waals surface area contributed by atoms with Crippen LogP contribution in [0.15, 0.2) is 22.2 Å². The fourth-order valence-electron chi connectivity index (χ4n) is 0.658. The van der Waals surface area contributed by atoms with Crippen LogP contribution in [0.3, 0.4) is 0 Å². The summed E-state index contributed by atoms with van der Waals surface area (Å²) in [7, 11) is 0. The number of allylic oxidation sites excluding steroid dienone is 2. The molecule has 0 aliphatic heterocycles. The molecule has 0 bridgehead atoms.